The quantitative estimate of drug-likeness (QED) is 0.369. The van der Waals surface area contributed by atoms with Gasteiger partial charge < -0.3 is 9.47 Å². The van der Waals surface area contributed by atoms with Crippen LogP contribution in [0, 0.1) is 0 Å². The first-order chi connectivity index (χ1) is 16.2. The maximum absolute atomic E-state index is 13.6. The molecule has 1 aliphatic carbocycles. The molecule has 168 valence electrons. The summed E-state index contributed by atoms with van der Waals surface area (Å²) in [7, 11) is 0. The molecule has 0 aliphatic heterocycles. The van der Waals surface area contributed by atoms with Crippen molar-refractivity contribution in [3.63, 3.8) is 0 Å². The van der Waals surface area contributed by atoms with Crippen LogP contribution in [0.5, 0.6) is 11.5 Å². The topological polar surface area (TPSA) is 35.5 Å². The van der Waals surface area contributed by atoms with Crippen molar-refractivity contribution in [3.05, 3.63) is 107 Å². The second-order valence-corrected chi connectivity index (χ2v) is 8.13. The number of rotatable bonds is 7. The van der Waals surface area contributed by atoms with E-state index in [1.807, 2.05) is 80.6 Å². The van der Waals surface area contributed by atoms with Crippen LogP contribution in [0.4, 0.5) is 0 Å². The molecule has 0 amide bonds. The Hall–Kier alpha value is -3.59. The average molecular weight is 439 g/mol. The third-order valence-corrected chi connectivity index (χ3v) is 5.88. The molecule has 0 heterocycles. The van der Waals surface area contributed by atoms with E-state index in [4.69, 9.17) is 9.47 Å². The summed E-state index contributed by atoms with van der Waals surface area (Å²) in [5, 5.41) is 0. The maximum Gasteiger partial charge on any atom is 0.185 e. The molecule has 0 aromatic heterocycles. The van der Waals surface area contributed by atoms with Gasteiger partial charge in [0.05, 0.1) is 13.2 Å². The molecule has 1 saturated carbocycles. The van der Waals surface area contributed by atoms with Crippen LogP contribution in [0.2, 0.25) is 0 Å². The third-order valence-electron chi connectivity index (χ3n) is 5.88. The molecule has 0 saturated heterocycles. The van der Waals surface area contributed by atoms with Crippen LogP contribution in [-0.2, 0) is 4.79 Å². The number of allylic oxidation sites excluding steroid dienone is 2. The summed E-state index contributed by atoms with van der Waals surface area (Å²) in [4.78, 5) is 13.6. The normalized spacial score (nSPS) is 18.5. The SMILES string of the molecule is CCOc1ccccc1/C=C1\CC(c2ccccc2)C/C(=C\c2ccccc2OCC)C1=O. The van der Waals surface area contributed by atoms with Gasteiger partial charge in [0.15, 0.2) is 5.78 Å². The van der Waals surface area contributed by atoms with Gasteiger partial charge in [-0.05, 0) is 62.5 Å². The molecule has 0 bridgehead atoms. The molecule has 3 heteroatoms. The summed E-state index contributed by atoms with van der Waals surface area (Å²) in [5.74, 6) is 1.93. The molecule has 0 unspecified atom stereocenters. The molecule has 1 aliphatic rings. The van der Waals surface area contributed by atoms with E-state index in [0.717, 1.165) is 33.8 Å². The Bertz CT molecular complexity index is 1090. The van der Waals surface area contributed by atoms with Gasteiger partial charge in [-0.25, -0.2) is 0 Å². The van der Waals surface area contributed by atoms with Crippen molar-refractivity contribution >= 4 is 17.9 Å². The van der Waals surface area contributed by atoms with Gasteiger partial charge in [0.2, 0.25) is 0 Å². The lowest BCUT2D eigenvalue weighted by Crippen LogP contribution is -2.19. The highest BCUT2D eigenvalue weighted by Crippen LogP contribution is 2.39. The minimum atomic E-state index is 0.0970. The van der Waals surface area contributed by atoms with Crippen LogP contribution in [0.25, 0.3) is 12.2 Å². The van der Waals surface area contributed by atoms with Crippen molar-refractivity contribution < 1.29 is 14.3 Å². The van der Waals surface area contributed by atoms with Gasteiger partial charge in [0.1, 0.15) is 11.5 Å². The number of hydrogen-bond donors (Lipinski definition) is 0. The smallest absolute Gasteiger partial charge is 0.185 e. The first kappa shape index (κ1) is 22.6. The monoisotopic (exact) mass is 438 g/mol. The summed E-state index contributed by atoms with van der Waals surface area (Å²) in [6.07, 6.45) is 5.41. The first-order valence-electron chi connectivity index (χ1n) is 11.6. The van der Waals surface area contributed by atoms with Gasteiger partial charge in [0, 0.05) is 22.3 Å². The Morgan fingerprint density at radius 2 is 1.15 bits per heavy atom. The fourth-order valence-corrected chi connectivity index (χ4v) is 4.35. The number of para-hydroxylation sites is 2. The highest BCUT2D eigenvalue weighted by molar-refractivity contribution is 6.14. The highest BCUT2D eigenvalue weighted by atomic mass is 16.5. The molecule has 3 aromatic rings. The van der Waals surface area contributed by atoms with E-state index in [0.29, 0.717) is 26.1 Å². The molecule has 0 radical (unpaired) electrons. The number of ether oxygens (including phenoxy) is 2. The fourth-order valence-electron chi connectivity index (χ4n) is 4.35. The molecule has 4 rings (SSSR count). The first-order valence-corrected chi connectivity index (χ1v) is 11.6. The van der Waals surface area contributed by atoms with Gasteiger partial charge in [-0.3, -0.25) is 4.79 Å². The summed E-state index contributed by atoms with van der Waals surface area (Å²) >= 11 is 0. The number of benzene rings is 3. The highest BCUT2D eigenvalue weighted by Gasteiger charge is 2.29. The lowest BCUT2D eigenvalue weighted by molar-refractivity contribution is -0.113. The lowest BCUT2D eigenvalue weighted by atomic mass is 9.76. The molecule has 3 aromatic carbocycles. The molecule has 33 heavy (non-hydrogen) atoms. The van der Waals surface area contributed by atoms with Gasteiger partial charge >= 0.3 is 0 Å². The van der Waals surface area contributed by atoms with Crippen LogP contribution >= 0.6 is 0 Å². The van der Waals surface area contributed by atoms with Gasteiger partial charge in [-0.1, -0.05) is 66.7 Å². The van der Waals surface area contributed by atoms with Crippen molar-refractivity contribution in [3.8, 4) is 11.5 Å². The van der Waals surface area contributed by atoms with Gasteiger partial charge in [0.25, 0.3) is 0 Å². The van der Waals surface area contributed by atoms with Crippen LogP contribution in [0.3, 0.4) is 0 Å². The third kappa shape index (κ3) is 5.43. The van der Waals surface area contributed by atoms with Crippen LogP contribution < -0.4 is 9.47 Å². The summed E-state index contributed by atoms with van der Waals surface area (Å²) in [6.45, 7) is 5.11. The second-order valence-electron chi connectivity index (χ2n) is 8.13. The van der Waals surface area contributed by atoms with Crippen molar-refractivity contribution in [2.75, 3.05) is 13.2 Å². The lowest BCUT2D eigenvalue weighted by Gasteiger charge is -2.26. The molecule has 0 atom stereocenters. The number of Topliss-reactive ketones (excluding diaryl/α,β-unsaturated/α-hetero) is 1. The van der Waals surface area contributed by atoms with Crippen molar-refractivity contribution in [1.29, 1.82) is 0 Å². The maximum atomic E-state index is 13.6. The van der Waals surface area contributed by atoms with Gasteiger partial charge in [-0.2, -0.15) is 0 Å². The van der Waals surface area contributed by atoms with Crippen LogP contribution in [-0.4, -0.2) is 19.0 Å². The number of hydrogen-bond acceptors (Lipinski definition) is 3. The minimum Gasteiger partial charge on any atom is -0.493 e. The van der Waals surface area contributed by atoms with Crippen molar-refractivity contribution in [2.45, 2.75) is 32.6 Å². The summed E-state index contributed by atoms with van der Waals surface area (Å²) in [6, 6.07) is 26.2. The van der Waals surface area contributed by atoms with E-state index >= 15 is 0 Å². The number of carbonyl (C=O) groups is 1. The Balaban J connectivity index is 1.77. The zero-order chi connectivity index (χ0) is 23.0. The molecule has 3 nitrogen and oxygen atoms in total. The zero-order valence-corrected chi connectivity index (χ0v) is 19.3. The molecule has 0 N–H and O–H groups in total. The predicted octanol–water partition coefficient (Wildman–Crippen LogP) is 7.10. The molecule has 1 fully saturated rings. The average Bonchev–Trinajstić information content (AvgIpc) is 2.85. The van der Waals surface area contributed by atoms with Gasteiger partial charge in [-0.15, -0.1) is 0 Å². The number of ketones is 1. The zero-order valence-electron chi connectivity index (χ0n) is 19.3. The van der Waals surface area contributed by atoms with Crippen LogP contribution in [0.1, 0.15) is 49.3 Å². The minimum absolute atomic E-state index is 0.0970. The Morgan fingerprint density at radius 1 is 0.697 bits per heavy atom. The van der Waals surface area contributed by atoms with Crippen molar-refractivity contribution in [2.24, 2.45) is 0 Å². The Kier molecular flexibility index (Phi) is 7.41. The van der Waals surface area contributed by atoms with Crippen LogP contribution in [0.15, 0.2) is 90.0 Å². The van der Waals surface area contributed by atoms with E-state index in [-0.39, 0.29) is 11.7 Å². The molecular formula is C30H30O3. The van der Waals surface area contributed by atoms with E-state index in [9.17, 15) is 4.79 Å². The second kappa shape index (κ2) is 10.8. The Morgan fingerprint density at radius 3 is 1.64 bits per heavy atom. The van der Waals surface area contributed by atoms with E-state index in [2.05, 4.69) is 24.3 Å². The Labute approximate surface area is 196 Å². The predicted molar refractivity (Wildman–Crippen MR) is 135 cm³/mol. The summed E-state index contributed by atoms with van der Waals surface area (Å²) < 4.78 is 11.6. The standard InChI is InChI=1S/C30H30O3/c1-3-32-28-16-10-8-14-23(28)18-26-20-25(22-12-6-5-7-13-22)21-27(30(26)31)19-24-15-9-11-17-29(24)33-4-2/h5-19,25H,3-4,20-21H2,1-2H3/b26-18+,27-19+. The molecular weight excluding hydrogens is 408 g/mol. The van der Waals surface area contributed by atoms with Crippen molar-refractivity contribution in [1.82, 2.24) is 0 Å². The van der Waals surface area contributed by atoms with E-state index in [1.165, 1.54) is 5.56 Å². The van der Waals surface area contributed by atoms with E-state index < -0.39 is 0 Å². The number of carbonyl (C=O) groups excluding carboxylic acids is 1. The van der Waals surface area contributed by atoms with E-state index in [1.54, 1.807) is 0 Å². The largest absolute Gasteiger partial charge is 0.493 e. The molecule has 0 spiro atoms. The fraction of sp³-hybridized carbons (Fsp3) is 0.233. The summed E-state index contributed by atoms with van der Waals surface area (Å²) in [5.41, 5.74) is 4.73.